The van der Waals surface area contributed by atoms with Crippen molar-refractivity contribution in [1.29, 1.82) is 0 Å². The van der Waals surface area contributed by atoms with E-state index in [2.05, 4.69) is 63.3 Å². The quantitative estimate of drug-likeness (QED) is 0.669. The maximum absolute atomic E-state index is 5.64. The summed E-state index contributed by atoms with van der Waals surface area (Å²) in [6.45, 7) is 2.10. The van der Waals surface area contributed by atoms with Crippen LogP contribution in [0, 0.1) is 6.92 Å². The summed E-state index contributed by atoms with van der Waals surface area (Å²) >= 11 is 5.23. The van der Waals surface area contributed by atoms with Crippen molar-refractivity contribution in [2.24, 2.45) is 5.84 Å². The zero-order valence-corrected chi connectivity index (χ0v) is 12.0. The van der Waals surface area contributed by atoms with Crippen LogP contribution in [0.25, 0.3) is 0 Å². The van der Waals surface area contributed by atoms with Gasteiger partial charge in [0.05, 0.1) is 6.04 Å². The van der Waals surface area contributed by atoms with E-state index in [4.69, 9.17) is 5.84 Å². The third-order valence-electron chi connectivity index (χ3n) is 2.78. The molecule has 0 bridgehead atoms. The zero-order valence-electron chi connectivity index (χ0n) is 9.61. The molecule has 0 spiro atoms. The van der Waals surface area contributed by atoms with Crippen molar-refractivity contribution in [3.05, 3.63) is 56.2 Å². The van der Waals surface area contributed by atoms with Crippen LogP contribution >= 0.6 is 27.3 Å². The molecule has 3 N–H and O–H groups in total. The average molecular weight is 311 g/mol. The van der Waals surface area contributed by atoms with Gasteiger partial charge < -0.3 is 0 Å². The van der Waals surface area contributed by atoms with Crippen LogP contribution in [0.5, 0.6) is 0 Å². The molecule has 2 aromatic rings. The van der Waals surface area contributed by atoms with Crippen LogP contribution in [0.15, 0.2) is 39.5 Å². The Balaban J connectivity index is 2.16. The van der Waals surface area contributed by atoms with Crippen molar-refractivity contribution in [2.45, 2.75) is 19.4 Å². The second kappa shape index (κ2) is 5.78. The van der Waals surface area contributed by atoms with Crippen LogP contribution in [-0.4, -0.2) is 0 Å². The molecule has 1 aromatic carbocycles. The Morgan fingerprint density at radius 2 is 2.00 bits per heavy atom. The van der Waals surface area contributed by atoms with Gasteiger partial charge in [0.2, 0.25) is 0 Å². The first kappa shape index (κ1) is 12.8. The lowest BCUT2D eigenvalue weighted by Crippen LogP contribution is -2.29. The van der Waals surface area contributed by atoms with Gasteiger partial charge in [-0.05, 0) is 45.8 Å². The Bertz CT molecular complexity index is 478. The van der Waals surface area contributed by atoms with Crippen LogP contribution in [0.1, 0.15) is 22.7 Å². The van der Waals surface area contributed by atoms with Crippen LogP contribution in [-0.2, 0) is 6.42 Å². The minimum absolute atomic E-state index is 0.151. The molecule has 0 aliphatic heterocycles. The average Bonchev–Trinajstić information content (AvgIpc) is 2.75. The zero-order chi connectivity index (χ0) is 12.3. The third-order valence-corrected chi connectivity index (χ3v) is 4.53. The first-order valence-electron chi connectivity index (χ1n) is 5.44. The van der Waals surface area contributed by atoms with Crippen LogP contribution < -0.4 is 11.3 Å². The fraction of sp³-hybridized carbons (Fsp3) is 0.231. The number of hydrogen-bond donors (Lipinski definition) is 2. The summed E-state index contributed by atoms with van der Waals surface area (Å²) in [4.78, 5) is 0. The number of nitrogens with two attached hydrogens (primary N) is 1. The molecule has 4 heteroatoms. The van der Waals surface area contributed by atoms with E-state index in [1.54, 1.807) is 11.3 Å². The van der Waals surface area contributed by atoms with E-state index >= 15 is 0 Å². The van der Waals surface area contributed by atoms with Gasteiger partial charge in [0.1, 0.15) is 0 Å². The number of hydrazine groups is 1. The highest BCUT2D eigenvalue weighted by molar-refractivity contribution is 9.10. The molecule has 2 nitrogen and oxygen atoms in total. The summed E-state index contributed by atoms with van der Waals surface area (Å²) in [5.41, 5.74) is 6.67. The molecule has 90 valence electrons. The molecule has 0 aliphatic rings. The Kier molecular flexibility index (Phi) is 4.34. The summed E-state index contributed by atoms with van der Waals surface area (Å²) in [6, 6.07) is 8.72. The molecule has 1 atom stereocenters. The van der Waals surface area contributed by atoms with Crippen LogP contribution in [0.4, 0.5) is 0 Å². The summed E-state index contributed by atoms with van der Waals surface area (Å²) in [5, 5.41) is 4.21. The smallest absolute Gasteiger partial charge is 0.0519 e. The Morgan fingerprint density at radius 3 is 2.53 bits per heavy atom. The number of nitrogens with one attached hydrogen (secondary N) is 1. The Labute approximate surface area is 114 Å². The van der Waals surface area contributed by atoms with Crippen LogP contribution in [0.3, 0.4) is 0 Å². The maximum Gasteiger partial charge on any atom is 0.0519 e. The first-order valence-corrected chi connectivity index (χ1v) is 7.17. The number of halogens is 1. The molecule has 0 amide bonds. The largest absolute Gasteiger partial charge is 0.271 e. The van der Waals surface area contributed by atoms with Gasteiger partial charge in [-0.1, -0.05) is 29.8 Å². The first-order chi connectivity index (χ1) is 8.20. The molecule has 0 radical (unpaired) electrons. The van der Waals surface area contributed by atoms with Crippen molar-refractivity contribution >= 4 is 27.3 Å². The summed E-state index contributed by atoms with van der Waals surface area (Å²) < 4.78 is 1.12. The predicted octanol–water partition coefficient (Wildman–Crippen LogP) is 3.57. The van der Waals surface area contributed by atoms with E-state index in [9.17, 15) is 0 Å². The Hall–Kier alpha value is -0.680. The van der Waals surface area contributed by atoms with Gasteiger partial charge in [0.15, 0.2) is 0 Å². The van der Waals surface area contributed by atoms with Crippen molar-refractivity contribution in [2.75, 3.05) is 0 Å². The molecular weight excluding hydrogens is 296 g/mol. The monoisotopic (exact) mass is 310 g/mol. The highest BCUT2D eigenvalue weighted by atomic mass is 79.9. The van der Waals surface area contributed by atoms with E-state index < -0.39 is 0 Å². The minimum atomic E-state index is 0.151. The van der Waals surface area contributed by atoms with Gasteiger partial charge >= 0.3 is 0 Å². The van der Waals surface area contributed by atoms with E-state index in [0.717, 1.165) is 10.9 Å². The van der Waals surface area contributed by atoms with Gasteiger partial charge in [-0.25, -0.2) is 0 Å². The second-order valence-electron chi connectivity index (χ2n) is 4.08. The third kappa shape index (κ3) is 3.16. The summed E-state index contributed by atoms with van der Waals surface area (Å²) in [5.74, 6) is 5.64. The summed E-state index contributed by atoms with van der Waals surface area (Å²) in [6.07, 6.45) is 0.895. The van der Waals surface area contributed by atoms with E-state index in [-0.39, 0.29) is 6.04 Å². The molecular formula is C13H15BrN2S. The Morgan fingerprint density at radius 1 is 1.29 bits per heavy atom. The lowest BCUT2D eigenvalue weighted by atomic mass is 10.0. The topological polar surface area (TPSA) is 38.0 Å². The standard InChI is InChI=1S/C13H15BrN2S/c1-9-2-4-10(5-3-9)6-13(16-15)11-7-17-8-12(11)14/h2-5,7-8,13,16H,6,15H2,1H3. The molecule has 0 fully saturated rings. The molecule has 0 saturated carbocycles. The van der Waals surface area contributed by atoms with Crippen molar-refractivity contribution in [1.82, 2.24) is 5.43 Å². The fourth-order valence-corrected chi connectivity index (χ4v) is 3.39. The minimum Gasteiger partial charge on any atom is -0.271 e. The lowest BCUT2D eigenvalue weighted by Gasteiger charge is -2.15. The molecule has 1 aromatic heterocycles. The van der Waals surface area contributed by atoms with Gasteiger partial charge in [-0.15, -0.1) is 0 Å². The highest BCUT2D eigenvalue weighted by Gasteiger charge is 2.14. The summed E-state index contributed by atoms with van der Waals surface area (Å²) in [7, 11) is 0. The van der Waals surface area contributed by atoms with Crippen molar-refractivity contribution in [3.8, 4) is 0 Å². The predicted molar refractivity (Wildman–Crippen MR) is 77.0 cm³/mol. The lowest BCUT2D eigenvalue weighted by molar-refractivity contribution is 0.551. The van der Waals surface area contributed by atoms with E-state index in [0.29, 0.717) is 0 Å². The van der Waals surface area contributed by atoms with Gasteiger partial charge in [0, 0.05) is 9.85 Å². The normalized spacial score (nSPS) is 12.6. The van der Waals surface area contributed by atoms with Gasteiger partial charge in [0.25, 0.3) is 0 Å². The van der Waals surface area contributed by atoms with Crippen LogP contribution in [0.2, 0.25) is 0 Å². The SMILES string of the molecule is Cc1ccc(CC(NN)c2cscc2Br)cc1. The molecule has 0 aliphatic carbocycles. The van der Waals surface area contributed by atoms with E-state index in [1.165, 1.54) is 16.7 Å². The number of benzene rings is 1. The molecule has 2 rings (SSSR count). The number of aryl methyl sites for hydroxylation is 1. The number of hydrogen-bond acceptors (Lipinski definition) is 3. The van der Waals surface area contributed by atoms with Gasteiger partial charge in [-0.2, -0.15) is 11.3 Å². The number of rotatable bonds is 4. The molecule has 17 heavy (non-hydrogen) atoms. The molecule has 1 unspecified atom stereocenters. The van der Waals surface area contributed by atoms with Gasteiger partial charge in [-0.3, -0.25) is 11.3 Å². The molecule has 1 heterocycles. The van der Waals surface area contributed by atoms with Crippen molar-refractivity contribution in [3.63, 3.8) is 0 Å². The fourth-order valence-electron chi connectivity index (χ4n) is 1.76. The van der Waals surface area contributed by atoms with E-state index in [1.807, 2.05) is 0 Å². The highest BCUT2D eigenvalue weighted by Crippen LogP contribution is 2.29. The maximum atomic E-state index is 5.64. The number of thiophene rings is 1. The van der Waals surface area contributed by atoms with Crippen molar-refractivity contribution < 1.29 is 0 Å². The molecule has 0 saturated heterocycles. The second-order valence-corrected chi connectivity index (χ2v) is 5.68.